The first-order valence-corrected chi connectivity index (χ1v) is 6.25. The van der Waals surface area contributed by atoms with E-state index in [0.717, 1.165) is 13.1 Å². The van der Waals surface area contributed by atoms with Crippen LogP contribution in [-0.4, -0.2) is 60.5 Å². The minimum atomic E-state index is -0.245. The fraction of sp³-hybridized carbons (Fsp3) is 0.833. The SMILES string of the molecule is CC(C)CN1C(=O)CC(N2CCOCC2)C1=O. The Morgan fingerprint density at radius 1 is 1.29 bits per heavy atom. The highest BCUT2D eigenvalue weighted by molar-refractivity contribution is 6.05. The third kappa shape index (κ3) is 2.66. The van der Waals surface area contributed by atoms with Crippen molar-refractivity contribution in [1.82, 2.24) is 9.80 Å². The van der Waals surface area contributed by atoms with E-state index in [-0.39, 0.29) is 17.9 Å². The molecule has 2 fully saturated rings. The molecule has 0 N–H and O–H groups in total. The molecule has 0 aromatic heterocycles. The number of rotatable bonds is 3. The molecule has 2 aliphatic rings. The molecule has 0 aromatic carbocycles. The Bertz CT molecular complexity index is 311. The number of likely N-dealkylation sites (tertiary alicyclic amines) is 1. The Morgan fingerprint density at radius 2 is 1.94 bits per heavy atom. The van der Waals surface area contributed by atoms with Crippen LogP contribution >= 0.6 is 0 Å². The number of morpholine rings is 1. The summed E-state index contributed by atoms with van der Waals surface area (Å²) in [5, 5.41) is 0. The minimum absolute atomic E-state index is 0.0226. The van der Waals surface area contributed by atoms with Gasteiger partial charge >= 0.3 is 0 Å². The van der Waals surface area contributed by atoms with Gasteiger partial charge in [0.25, 0.3) is 0 Å². The van der Waals surface area contributed by atoms with Crippen molar-refractivity contribution in [3.63, 3.8) is 0 Å². The molecule has 2 aliphatic heterocycles. The van der Waals surface area contributed by atoms with Crippen LogP contribution < -0.4 is 0 Å². The van der Waals surface area contributed by atoms with Crippen LogP contribution in [0.2, 0.25) is 0 Å². The summed E-state index contributed by atoms with van der Waals surface area (Å²) in [5.41, 5.74) is 0. The largest absolute Gasteiger partial charge is 0.379 e. The summed E-state index contributed by atoms with van der Waals surface area (Å²) in [5.74, 6) is 0.275. The molecule has 2 rings (SSSR count). The van der Waals surface area contributed by atoms with E-state index in [0.29, 0.717) is 32.1 Å². The van der Waals surface area contributed by atoms with Gasteiger partial charge < -0.3 is 4.74 Å². The van der Waals surface area contributed by atoms with E-state index in [1.165, 1.54) is 4.90 Å². The van der Waals surface area contributed by atoms with Gasteiger partial charge in [-0.25, -0.2) is 0 Å². The summed E-state index contributed by atoms with van der Waals surface area (Å²) < 4.78 is 5.26. The number of hydrogen-bond acceptors (Lipinski definition) is 4. The number of carbonyl (C=O) groups excluding carboxylic acids is 2. The lowest BCUT2D eigenvalue weighted by molar-refractivity contribution is -0.140. The van der Waals surface area contributed by atoms with Crippen molar-refractivity contribution in [2.24, 2.45) is 5.92 Å². The molecule has 5 nitrogen and oxygen atoms in total. The van der Waals surface area contributed by atoms with E-state index in [2.05, 4.69) is 4.90 Å². The normalized spacial score (nSPS) is 27.2. The minimum Gasteiger partial charge on any atom is -0.379 e. The number of amides is 2. The van der Waals surface area contributed by atoms with E-state index in [1.807, 2.05) is 13.8 Å². The molecule has 1 unspecified atom stereocenters. The second-order valence-electron chi connectivity index (χ2n) is 5.10. The molecule has 17 heavy (non-hydrogen) atoms. The first-order valence-electron chi connectivity index (χ1n) is 6.25. The number of hydrogen-bond donors (Lipinski definition) is 0. The smallest absolute Gasteiger partial charge is 0.247 e. The number of imide groups is 1. The molecule has 2 saturated heterocycles. The molecular formula is C12H20N2O3. The molecule has 0 spiro atoms. The van der Waals surface area contributed by atoms with Gasteiger partial charge in [0.2, 0.25) is 11.8 Å². The van der Waals surface area contributed by atoms with Crippen LogP contribution in [0.15, 0.2) is 0 Å². The summed E-state index contributed by atoms with van der Waals surface area (Å²) in [6.07, 6.45) is 0.339. The van der Waals surface area contributed by atoms with Gasteiger partial charge in [-0.2, -0.15) is 0 Å². The summed E-state index contributed by atoms with van der Waals surface area (Å²) >= 11 is 0. The zero-order valence-corrected chi connectivity index (χ0v) is 10.5. The van der Waals surface area contributed by atoms with Gasteiger partial charge in [-0.3, -0.25) is 19.4 Å². The van der Waals surface area contributed by atoms with E-state index in [1.54, 1.807) is 0 Å². The van der Waals surface area contributed by atoms with Crippen molar-refractivity contribution < 1.29 is 14.3 Å². The van der Waals surface area contributed by atoms with E-state index >= 15 is 0 Å². The predicted molar refractivity (Wildman–Crippen MR) is 62.4 cm³/mol. The zero-order valence-electron chi connectivity index (χ0n) is 10.5. The Morgan fingerprint density at radius 3 is 2.53 bits per heavy atom. The molecule has 0 aliphatic carbocycles. The summed E-state index contributed by atoms with van der Waals surface area (Å²) in [7, 11) is 0. The van der Waals surface area contributed by atoms with Crippen molar-refractivity contribution in [3.8, 4) is 0 Å². The van der Waals surface area contributed by atoms with Gasteiger partial charge in [-0.1, -0.05) is 13.8 Å². The Labute approximate surface area is 102 Å². The zero-order chi connectivity index (χ0) is 12.4. The van der Waals surface area contributed by atoms with Crippen LogP contribution in [0.5, 0.6) is 0 Å². The topological polar surface area (TPSA) is 49.9 Å². The van der Waals surface area contributed by atoms with E-state index in [9.17, 15) is 9.59 Å². The van der Waals surface area contributed by atoms with Crippen molar-refractivity contribution in [2.45, 2.75) is 26.3 Å². The van der Waals surface area contributed by atoms with Crippen LogP contribution in [0.4, 0.5) is 0 Å². The Hall–Kier alpha value is -0.940. The molecular weight excluding hydrogens is 220 g/mol. The number of carbonyl (C=O) groups is 2. The summed E-state index contributed by atoms with van der Waals surface area (Å²) in [6.45, 7) is 7.38. The Balaban J connectivity index is 2.01. The molecule has 2 heterocycles. The van der Waals surface area contributed by atoms with Gasteiger partial charge in [-0.05, 0) is 5.92 Å². The van der Waals surface area contributed by atoms with Gasteiger partial charge in [0, 0.05) is 19.6 Å². The standard InChI is InChI=1S/C12H20N2O3/c1-9(2)8-14-11(15)7-10(12(14)16)13-3-5-17-6-4-13/h9-10H,3-8H2,1-2H3. The Kier molecular flexibility index (Phi) is 3.79. The average molecular weight is 240 g/mol. The van der Waals surface area contributed by atoms with Crippen molar-refractivity contribution >= 4 is 11.8 Å². The highest BCUT2D eigenvalue weighted by atomic mass is 16.5. The van der Waals surface area contributed by atoms with Crippen LogP contribution in [0.1, 0.15) is 20.3 Å². The first-order chi connectivity index (χ1) is 8.09. The first kappa shape index (κ1) is 12.5. The lowest BCUT2D eigenvalue weighted by Crippen LogP contribution is -2.47. The molecule has 5 heteroatoms. The molecule has 0 aromatic rings. The summed E-state index contributed by atoms with van der Waals surface area (Å²) in [6, 6.07) is -0.245. The van der Waals surface area contributed by atoms with E-state index < -0.39 is 0 Å². The fourth-order valence-electron chi connectivity index (χ4n) is 2.40. The number of ether oxygens (including phenoxy) is 1. The molecule has 2 amide bonds. The third-order valence-corrected chi connectivity index (χ3v) is 3.25. The predicted octanol–water partition coefficient (Wildman–Crippen LogP) is 0.102. The maximum Gasteiger partial charge on any atom is 0.247 e. The highest BCUT2D eigenvalue weighted by Gasteiger charge is 2.42. The lowest BCUT2D eigenvalue weighted by atomic mass is 10.2. The van der Waals surface area contributed by atoms with Crippen LogP contribution in [0.25, 0.3) is 0 Å². The average Bonchev–Trinajstić information content (AvgIpc) is 2.58. The van der Waals surface area contributed by atoms with Crippen molar-refractivity contribution in [3.05, 3.63) is 0 Å². The lowest BCUT2D eigenvalue weighted by Gasteiger charge is -2.30. The second kappa shape index (κ2) is 5.14. The molecule has 0 bridgehead atoms. The molecule has 0 radical (unpaired) electrons. The quantitative estimate of drug-likeness (QED) is 0.657. The fourth-order valence-corrected chi connectivity index (χ4v) is 2.40. The third-order valence-electron chi connectivity index (χ3n) is 3.25. The van der Waals surface area contributed by atoms with Gasteiger partial charge in [-0.15, -0.1) is 0 Å². The maximum absolute atomic E-state index is 12.2. The molecule has 0 saturated carbocycles. The van der Waals surface area contributed by atoms with Gasteiger partial charge in [0.1, 0.15) is 0 Å². The van der Waals surface area contributed by atoms with Crippen LogP contribution in [-0.2, 0) is 14.3 Å². The monoisotopic (exact) mass is 240 g/mol. The highest BCUT2D eigenvalue weighted by Crippen LogP contribution is 2.20. The van der Waals surface area contributed by atoms with Crippen molar-refractivity contribution in [1.29, 1.82) is 0 Å². The molecule has 96 valence electrons. The van der Waals surface area contributed by atoms with Crippen LogP contribution in [0, 0.1) is 5.92 Å². The van der Waals surface area contributed by atoms with Gasteiger partial charge in [0.15, 0.2) is 0 Å². The number of nitrogens with zero attached hydrogens (tertiary/aromatic N) is 2. The maximum atomic E-state index is 12.2. The van der Waals surface area contributed by atoms with Crippen LogP contribution in [0.3, 0.4) is 0 Å². The van der Waals surface area contributed by atoms with Gasteiger partial charge in [0.05, 0.1) is 25.7 Å². The van der Waals surface area contributed by atoms with E-state index in [4.69, 9.17) is 4.74 Å². The summed E-state index contributed by atoms with van der Waals surface area (Å²) in [4.78, 5) is 27.5. The van der Waals surface area contributed by atoms with Crippen molar-refractivity contribution in [2.75, 3.05) is 32.8 Å². The second-order valence-corrected chi connectivity index (χ2v) is 5.10. The molecule has 1 atom stereocenters.